The second-order valence-electron chi connectivity index (χ2n) is 7.84. The molecule has 0 N–H and O–H groups in total. The van der Waals surface area contributed by atoms with E-state index in [0.717, 1.165) is 33.9 Å². The molecule has 0 saturated heterocycles. The number of nitrogens with zero attached hydrogens (tertiary/aromatic N) is 4. The summed E-state index contributed by atoms with van der Waals surface area (Å²) in [5.41, 5.74) is 1.65. The van der Waals surface area contributed by atoms with E-state index in [-0.39, 0.29) is 23.6 Å². The normalized spacial score (nSPS) is 10.9. The lowest BCUT2D eigenvalue weighted by Gasteiger charge is -2.22. The molecule has 34 heavy (non-hydrogen) atoms. The fourth-order valence-electron chi connectivity index (χ4n) is 3.59. The molecule has 2 heterocycles. The molecule has 9 heteroatoms. The van der Waals surface area contributed by atoms with Gasteiger partial charge in [-0.05, 0) is 57.0 Å². The molecule has 7 nitrogen and oxygen atoms in total. The number of aromatic nitrogens is 2. The molecule has 3 aromatic rings. The SMILES string of the molecule is CCCCn1c(SCC(=O)N(CCC#N)c2ccc(OCC)cc2)nc2sc(C)c(C)c2c1=O. The molecular weight excluding hydrogens is 468 g/mol. The summed E-state index contributed by atoms with van der Waals surface area (Å²) in [7, 11) is 0. The summed E-state index contributed by atoms with van der Waals surface area (Å²) in [5.74, 6) is 0.707. The van der Waals surface area contributed by atoms with Crippen LogP contribution in [0.5, 0.6) is 5.75 Å². The maximum atomic E-state index is 13.3. The first-order valence-electron chi connectivity index (χ1n) is 11.4. The Kier molecular flexibility index (Phi) is 9.13. The second-order valence-corrected chi connectivity index (χ2v) is 9.98. The van der Waals surface area contributed by atoms with Gasteiger partial charge in [0.25, 0.3) is 5.56 Å². The van der Waals surface area contributed by atoms with E-state index < -0.39 is 0 Å². The van der Waals surface area contributed by atoms with Gasteiger partial charge in [0.05, 0.1) is 30.2 Å². The lowest BCUT2D eigenvalue weighted by molar-refractivity contribution is -0.116. The molecule has 0 saturated carbocycles. The number of nitriles is 1. The largest absolute Gasteiger partial charge is 0.494 e. The van der Waals surface area contributed by atoms with Gasteiger partial charge in [-0.25, -0.2) is 4.98 Å². The van der Waals surface area contributed by atoms with Gasteiger partial charge in [-0.2, -0.15) is 5.26 Å². The summed E-state index contributed by atoms with van der Waals surface area (Å²) in [4.78, 5) is 34.7. The molecule has 0 atom stereocenters. The van der Waals surface area contributed by atoms with Gasteiger partial charge in [0.2, 0.25) is 5.91 Å². The summed E-state index contributed by atoms with van der Waals surface area (Å²) < 4.78 is 7.20. The van der Waals surface area contributed by atoms with Gasteiger partial charge >= 0.3 is 0 Å². The molecule has 0 unspecified atom stereocenters. The van der Waals surface area contributed by atoms with Crippen molar-refractivity contribution >= 4 is 44.9 Å². The molecule has 180 valence electrons. The predicted octanol–water partition coefficient (Wildman–Crippen LogP) is 5.31. The van der Waals surface area contributed by atoms with Gasteiger partial charge < -0.3 is 9.64 Å². The van der Waals surface area contributed by atoms with Crippen LogP contribution in [-0.2, 0) is 11.3 Å². The van der Waals surface area contributed by atoms with E-state index in [1.807, 2.05) is 45.0 Å². The molecule has 0 aliphatic carbocycles. The first-order valence-corrected chi connectivity index (χ1v) is 13.2. The topological polar surface area (TPSA) is 88.2 Å². The van der Waals surface area contributed by atoms with Gasteiger partial charge in [-0.15, -0.1) is 11.3 Å². The molecular formula is C25H30N4O3S2. The maximum absolute atomic E-state index is 13.3. The minimum atomic E-state index is -0.140. The fraction of sp³-hybridized carbons (Fsp3) is 0.440. The van der Waals surface area contributed by atoms with Gasteiger partial charge in [-0.1, -0.05) is 25.1 Å². The van der Waals surface area contributed by atoms with Gasteiger partial charge in [0.1, 0.15) is 10.6 Å². The number of carbonyl (C=O) groups excluding carboxylic acids is 1. The zero-order valence-electron chi connectivity index (χ0n) is 20.1. The molecule has 0 fully saturated rings. The average molecular weight is 499 g/mol. The predicted molar refractivity (Wildman–Crippen MR) is 139 cm³/mol. The number of thiophene rings is 1. The average Bonchev–Trinajstić information content (AvgIpc) is 3.12. The fourth-order valence-corrected chi connectivity index (χ4v) is 5.56. The van der Waals surface area contributed by atoms with E-state index in [9.17, 15) is 9.59 Å². The van der Waals surface area contributed by atoms with Crippen LogP contribution in [0.15, 0.2) is 34.2 Å². The number of hydrogen-bond donors (Lipinski definition) is 0. The number of thioether (sulfide) groups is 1. The Bertz CT molecular complexity index is 1240. The van der Waals surface area contributed by atoms with Crippen molar-refractivity contribution in [2.24, 2.45) is 0 Å². The van der Waals surface area contributed by atoms with Crippen molar-refractivity contribution in [1.82, 2.24) is 9.55 Å². The van der Waals surface area contributed by atoms with E-state index in [4.69, 9.17) is 15.0 Å². The smallest absolute Gasteiger partial charge is 0.263 e. The van der Waals surface area contributed by atoms with Crippen molar-refractivity contribution in [3.8, 4) is 11.8 Å². The molecule has 1 aromatic carbocycles. The molecule has 3 rings (SSSR count). The van der Waals surface area contributed by atoms with Crippen LogP contribution in [0, 0.1) is 25.2 Å². The van der Waals surface area contributed by atoms with Crippen LogP contribution >= 0.6 is 23.1 Å². The van der Waals surface area contributed by atoms with E-state index in [2.05, 4.69) is 13.0 Å². The van der Waals surface area contributed by atoms with E-state index >= 15 is 0 Å². The lowest BCUT2D eigenvalue weighted by Crippen LogP contribution is -2.33. The van der Waals surface area contributed by atoms with Crippen LogP contribution in [-0.4, -0.2) is 34.4 Å². The van der Waals surface area contributed by atoms with Gasteiger partial charge in [0.15, 0.2) is 5.16 Å². The Hall–Kier alpha value is -2.83. The number of benzene rings is 1. The van der Waals surface area contributed by atoms with Crippen molar-refractivity contribution in [2.75, 3.05) is 23.8 Å². The molecule has 0 spiro atoms. The highest BCUT2D eigenvalue weighted by Crippen LogP contribution is 2.29. The van der Waals surface area contributed by atoms with Crippen LogP contribution in [0.1, 0.15) is 43.6 Å². The van der Waals surface area contributed by atoms with E-state index in [1.165, 1.54) is 23.1 Å². The maximum Gasteiger partial charge on any atom is 0.263 e. The van der Waals surface area contributed by atoms with Gasteiger partial charge in [0, 0.05) is 23.7 Å². The number of hydrogen-bond acceptors (Lipinski definition) is 7. The van der Waals surface area contributed by atoms with E-state index in [1.54, 1.807) is 9.47 Å². The van der Waals surface area contributed by atoms with Gasteiger partial charge in [-0.3, -0.25) is 14.2 Å². The summed E-state index contributed by atoms with van der Waals surface area (Å²) in [6.45, 7) is 9.38. The van der Waals surface area contributed by atoms with Crippen LogP contribution in [0.25, 0.3) is 10.2 Å². The molecule has 0 bridgehead atoms. The Morgan fingerprint density at radius 2 is 2.00 bits per heavy atom. The minimum Gasteiger partial charge on any atom is -0.494 e. The van der Waals surface area contributed by atoms with E-state index in [0.29, 0.717) is 35.9 Å². The Balaban J connectivity index is 1.87. The van der Waals surface area contributed by atoms with Crippen LogP contribution in [0.3, 0.4) is 0 Å². The van der Waals surface area contributed by atoms with Crippen molar-refractivity contribution in [3.05, 3.63) is 45.1 Å². The number of aryl methyl sites for hydroxylation is 2. The van der Waals surface area contributed by atoms with Crippen molar-refractivity contribution < 1.29 is 9.53 Å². The molecule has 0 aliphatic rings. The Morgan fingerprint density at radius 3 is 2.65 bits per heavy atom. The molecule has 0 aliphatic heterocycles. The number of rotatable bonds is 11. The lowest BCUT2D eigenvalue weighted by atomic mass is 10.2. The summed E-state index contributed by atoms with van der Waals surface area (Å²) >= 11 is 2.79. The van der Waals surface area contributed by atoms with Crippen LogP contribution in [0.4, 0.5) is 5.69 Å². The summed E-state index contributed by atoms with van der Waals surface area (Å²) in [6, 6.07) is 9.39. The highest BCUT2D eigenvalue weighted by atomic mass is 32.2. The van der Waals surface area contributed by atoms with Crippen LogP contribution in [0.2, 0.25) is 0 Å². The third kappa shape index (κ3) is 5.80. The van der Waals surface area contributed by atoms with Crippen molar-refractivity contribution in [1.29, 1.82) is 5.26 Å². The molecule has 1 amide bonds. The quantitative estimate of drug-likeness (QED) is 0.263. The highest BCUT2D eigenvalue weighted by molar-refractivity contribution is 7.99. The Labute approximate surface area is 208 Å². The molecule has 0 radical (unpaired) electrons. The van der Waals surface area contributed by atoms with Crippen molar-refractivity contribution in [2.45, 2.75) is 58.7 Å². The second kappa shape index (κ2) is 12.0. The standard InChI is InChI=1S/C25H30N4O3S2/c1-5-7-14-29-24(31)22-17(3)18(4)34-23(22)27-25(29)33-16-21(30)28(15-8-13-26)19-9-11-20(12-10-19)32-6-2/h9-12H,5-8,14-16H2,1-4H3. The zero-order valence-corrected chi connectivity index (χ0v) is 21.7. The summed E-state index contributed by atoms with van der Waals surface area (Å²) in [6.07, 6.45) is 2.04. The third-order valence-electron chi connectivity index (χ3n) is 5.52. The number of carbonyl (C=O) groups is 1. The third-order valence-corrected chi connectivity index (χ3v) is 7.58. The van der Waals surface area contributed by atoms with Crippen molar-refractivity contribution in [3.63, 3.8) is 0 Å². The number of amides is 1. The summed E-state index contributed by atoms with van der Waals surface area (Å²) in [5, 5.41) is 10.3. The Morgan fingerprint density at radius 1 is 1.26 bits per heavy atom. The number of ether oxygens (including phenoxy) is 1. The first-order chi connectivity index (χ1) is 16.4. The highest BCUT2D eigenvalue weighted by Gasteiger charge is 2.20. The zero-order chi connectivity index (χ0) is 24.7. The first kappa shape index (κ1) is 25.8. The number of fused-ring (bicyclic) bond motifs is 1. The monoisotopic (exact) mass is 498 g/mol. The van der Waals surface area contributed by atoms with Crippen LogP contribution < -0.4 is 15.2 Å². The number of anilines is 1. The molecule has 2 aromatic heterocycles. The minimum absolute atomic E-state index is 0.0388. The number of unbranched alkanes of at least 4 members (excludes halogenated alkanes) is 1.